The summed E-state index contributed by atoms with van der Waals surface area (Å²) in [5.74, 6) is 1.69. The third-order valence-corrected chi connectivity index (χ3v) is 7.21. The molecule has 8 heteroatoms. The molecule has 5 rings (SSSR count). The topological polar surface area (TPSA) is 103 Å². The van der Waals surface area contributed by atoms with E-state index in [-0.39, 0.29) is 0 Å². The molecular weight excluding hydrogens is 446 g/mol. The van der Waals surface area contributed by atoms with Crippen LogP contribution in [0, 0.1) is 5.92 Å². The second-order valence-electron chi connectivity index (χ2n) is 9.32. The van der Waals surface area contributed by atoms with Crippen LogP contribution in [0.5, 0.6) is 5.75 Å². The van der Waals surface area contributed by atoms with Crippen LogP contribution in [0.2, 0.25) is 5.02 Å². The molecule has 0 amide bonds. The smallest absolute Gasteiger partial charge is 0.142 e. The van der Waals surface area contributed by atoms with Crippen molar-refractivity contribution >= 4 is 17.3 Å². The van der Waals surface area contributed by atoms with Gasteiger partial charge in [-0.05, 0) is 60.1 Å². The van der Waals surface area contributed by atoms with Gasteiger partial charge >= 0.3 is 0 Å². The molecule has 0 aromatic heterocycles. The Morgan fingerprint density at radius 3 is 2.58 bits per heavy atom. The first-order valence-electron chi connectivity index (χ1n) is 11.5. The van der Waals surface area contributed by atoms with E-state index in [1.807, 2.05) is 18.2 Å². The Bertz CT molecular complexity index is 997. The molecule has 33 heavy (non-hydrogen) atoms. The van der Waals surface area contributed by atoms with Crippen LogP contribution in [0.1, 0.15) is 35.6 Å². The van der Waals surface area contributed by atoms with Gasteiger partial charge in [-0.25, -0.2) is 0 Å². The first-order chi connectivity index (χ1) is 15.9. The van der Waals surface area contributed by atoms with E-state index in [1.54, 1.807) is 12.1 Å². The van der Waals surface area contributed by atoms with Crippen molar-refractivity contribution in [1.82, 2.24) is 0 Å². The van der Waals surface area contributed by atoms with Gasteiger partial charge in [0.05, 0.1) is 18.8 Å². The predicted octanol–water partition coefficient (Wildman–Crippen LogP) is 2.05. The number of aliphatic hydroxyl groups excluding tert-OH is 4. The van der Waals surface area contributed by atoms with E-state index in [9.17, 15) is 20.4 Å². The highest BCUT2D eigenvalue weighted by molar-refractivity contribution is 6.31. The molecule has 0 bridgehead atoms. The lowest BCUT2D eigenvalue weighted by atomic mass is 9.90. The summed E-state index contributed by atoms with van der Waals surface area (Å²) in [5, 5.41) is 40.8. The summed E-state index contributed by atoms with van der Waals surface area (Å²) in [6.07, 6.45) is -2.79. The average molecular weight is 476 g/mol. The van der Waals surface area contributed by atoms with E-state index in [0.29, 0.717) is 23.6 Å². The van der Waals surface area contributed by atoms with Crippen molar-refractivity contribution in [3.8, 4) is 5.75 Å². The van der Waals surface area contributed by atoms with Crippen molar-refractivity contribution in [3.63, 3.8) is 0 Å². The van der Waals surface area contributed by atoms with Crippen molar-refractivity contribution in [2.75, 3.05) is 31.2 Å². The fourth-order valence-electron chi connectivity index (χ4n) is 4.73. The largest absolute Gasteiger partial charge is 0.490 e. The lowest BCUT2D eigenvalue weighted by Gasteiger charge is -2.40. The Morgan fingerprint density at radius 1 is 1.00 bits per heavy atom. The van der Waals surface area contributed by atoms with Crippen LogP contribution >= 0.6 is 11.6 Å². The Morgan fingerprint density at radius 2 is 1.82 bits per heavy atom. The van der Waals surface area contributed by atoms with Crippen molar-refractivity contribution in [2.45, 2.75) is 49.8 Å². The molecule has 0 unspecified atom stereocenters. The van der Waals surface area contributed by atoms with Gasteiger partial charge in [0.2, 0.25) is 0 Å². The molecule has 4 N–H and O–H groups in total. The Kier molecular flexibility index (Phi) is 6.53. The van der Waals surface area contributed by atoms with Gasteiger partial charge in [-0.2, -0.15) is 0 Å². The molecule has 7 nitrogen and oxygen atoms in total. The number of aliphatic hydroxyl groups is 4. The van der Waals surface area contributed by atoms with E-state index < -0.39 is 37.1 Å². The van der Waals surface area contributed by atoms with Gasteiger partial charge in [0.15, 0.2) is 0 Å². The standard InChI is InChI=1S/C25H30ClNO6/c26-18-5-4-16(25-24(31)23(30)22(29)21(13-28)33-25)11-17(18)9-15-3-6-20-19(10-15)27(7-8-32-20)12-14-1-2-14/h3-6,10-11,14,21-25,28-31H,1-2,7-9,12-13H2/t21-,22-,23+,24-,25+/m1/s1. The molecule has 1 aliphatic carbocycles. The summed E-state index contributed by atoms with van der Waals surface area (Å²) < 4.78 is 11.6. The lowest BCUT2D eigenvalue weighted by molar-refractivity contribution is -0.231. The van der Waals surface area contributed by atoms with Gasteiger partial charge in [0.1, 0.15) is 42.9 Å². The molecular formula is C25H30ClNO6. The molecule has 0 spiro atoms. The number of anilines is 1. The van der Waals surface area contributed by atoms with Gasteiger partial charge in [-0.15, -0.1) is 0 Å². The zero-order valence-electron chi connectivity index (χ0n) is 18.3. The summed E-state index contributed by atoms with van der Waals surface area (Å²) in [5.41, 5.74) is 3.69. The van der Waals surface area contributed by atoms with Crippen LogP contribution in [0.15, 0.2) is 36.4 Å². The molecule has 2 heterocycles. The molecule has 5 atom stereocenters. The molecule has 1 saturated heterocycles. The molecule has 2 aliphatic heterocycles. The number of benzene rings is 2. The number of hydrogen-bond acceptors (Lipinski definition) is 7. The minimum atomic E-state index is -1.42. The minimum Gasteiger partial charge on any atom is -0.490 e. The number of hydrogen-bond donors (Lipinski definition) is 4. The second-order valence-corrected chi connectivity index (χ2v) is 9.72. The number of nitrogens with zero attached hydrogens (tertiary/aromatic N) is 1. The quantitative estimate of drug-likeness (QED) is 0.507. The van der Waals surface area contributed by atoms with Gasteiger partial charge in [-0.1, -0.05) is 29.8 Å². The average Bonchev–Trinajstić information content (AvgIpc) is 3.64. The lowest BCUT2D eigenvalue weighted by Crippen LogP contribution is -2.55. The third-order valence-electron chi connectivity index (χ3n) is 6.84. The van der Waals surface area contributed by atoms with Crippen LogP contribution in [-0.4, -0.2) is 71.1 Å². The molecule has 178 valence electrons. The SMILES string of the molecule is OC[C@H]1O[C@@H](c2ccc(Cl)c(Cc3ccc4c(c3)N(CC3CC3)CCO4)c2)[C@H](O)[C@@H](O)[C@@H]1O. The van der Waals surface area contributed by atoms with Crippen LogP contribution < -0.4 is 9.64 Å². The molecule has 1 saturated carbocycles. The third kappa shape index (κ3) is 4.71. The fourth-order valence-corrected chi connectivity index (χ4v) is 4.92. The highest BCUT2D eigenvalue weighted by Crippen LogP contribution is 2.38. The molecule has 0 radical (unpaired) electrons. The second kappa shape index (κ2) is 9.41. The zero-order chi connectivity index (χ0) is 23.1. The van der Waals surface area contributed by atoms with E-state index in [4.69, 9.17) is 21.1 Å². The first-order valence-corrected chi connectivity index (χ1v) is 11.9. The number of halogens is 1. The maximum Gasteiger partial charge on any atom is 0.142 e. The van der Waals surface area contributed by atoms with Gasteiger partial charge in [-0.3, -0.25) is 0 Å². The van der Waals surface area contributed by atoms with Crippen LogP contribution in [0.3, 0.4) is 0 Å². The van der Waals surface area contributed by atoms with E-state index in [0.717, 1.165) is 41.6 Å². The van der Waals surface area contributed by atoms with Crippen molar-refractivity contribution in [1.29, 1.82) is 0 Å². The van der Waals surface area contributed by atoms with Crippen LogP contribution in [0.4, 0.5) is 5.69 Å². The van der Waals surface area contributed by atoms with Crippen LogP contribution in [0.25, 0.3) is 0 Å². The van der Waals surface area contributed by atoms with Gasteiger partial charge in [0, 0.05) is 11.6 Å². The minimum absolute atomic E-state index is 0.462. The van der Waals surface area contributed by atoms with Crippen molar-refractivity contribution < 1.29 is 29.9 Å². The molecule has 2 aromatic carbocycles. The Hall–Kier alpha value is -1.87. The Balaban J connectivity index is 1.39. The van der Waals surface area contributed by atoms with E-state index in [2.05, 4.69) is 11.0 Å². The summed E-state index contributed by atoms with van der Waals surface area (Å²) in [6, 6.07) is 11.5. The number of rotatable bonds is 6. The fraction of sp³-hybridized carbons (Fsp3) is 0.520. The van der Waals surface area contributed by atoms with Gasteiger partial charge < -0.3 is 34.8 Å². The normalized spacial score (nSPS) is 29.5. The number of fused-ring (bicyclic) bond motifs is 1. The summed E-state index contributed by atoms with van der Waals surface area (Å²) in [4.78, 5) is 2.41. The van der Waals surface area contributed by atoms with Crippen molar-refractivity contribution in [3.05, 3.63) is 58.1 Å². The van der Waals surface area contributed by atoms with Crippen LogP contribution in [-0.2, 0) is 11.2 Å². The predicted molar refractivity (Wildman–Crippen MR) is 124 cm³/mol. The monoisotopic (exact) mass is 475 g/mol. The highest BCUT2D eigenvalue weighted by atomic mass is 35.5. The van der Waals surface area contributed by atoms with E-state index >= 15 is 0 Å². The van der Waals surface area contributed by atoms with E-state index in [1.165, 1.54) is 12.8 Å². The maximum absolute atomic E-state index is 10.5. The molecule has 2 aromatic rings. The highest BCUT2D eigenvalue weighted by Gasteiger charge is 2.44. The molecule has 3 aliphatic rings. The maximum atomic E-state index is 10.5. The molecule has 2 fully saturated rings. The summed E-state index contributed by atoms with van der Waals surface area (Å²) in [6.45, 7) is 2.19. The Labute approximate surface area is 198 Å². The summed E-state index contributed by atoms with van der Waals surface area (Å²) in [7, 11) is 0. The van der Waals surface area contributed by atoms with Crippen molar-refractivity contribution in [2.24, 2.45) is 5.92 Å². The van der Waals surface area contributed by atoms with Gasteiger partial charge in [0.25, 0.3) is 0 Å². The summed E-state index contributed by atoms with van der Waals surface area (Å²) >= 11 is 6.51. The number of ether oxygens (including phenoxy) is 2. The zero-order valence-corrected chi connectivity index (χ0v) is 19.1. The first kappa shape index (κ1) is 22.9.